The van der Waals surface area contributed by atoms with Crippen molar-refractivity contribution in [3.05, 3.63) is 29.8 Å². The Hall–Kier alpha value is -3.02. The van der Waals surface area contributed by atoms with Crippen LogP contribution in [0.2, 0.25) is 0 Å². The Bertz CT molecular complexity index is 1000. The smallest absolute Gasteiger partial charge is 0.233 e. The standard InChI is InChI=1S/C31H50N8O3/c32-15-17-41-19-20-42-18-16-33-28(40)21-24-11-13-27(14-12-24)36-31-38-29(34-22-25-7-3-1-4-8-25)37-30(39-31)35-23-26-9-5-2-6-10-26/h11-14,25-26H,1-10,15-23,32H2,(H,33,40)(H3,34,35,36,37,38,39). The Morgan fingerprint density at radius 2 is 1.29 bits per heavy atom. The van der Waals surface area contributed by atoms with Crippen molar-refractivity contribution in [2.75, 3.05) is 68.6 Å². The molecule has 42 heavy (non-hydrogen) atoms. The Morgan fingerprint density at radius 3 is 1.86 bits per heavy atom. The summed E-state index contributed by atoms with van der Waals surface area (Å²) in [5.41, 5.74) is 7.15. The summed E-state index contributed by atoms with van der Waals surface area (Å²) in [7, 11) is 0. The van der Waals surface area contributed by atoms with Crippen LogP contribution in [0.1, 0.15) is 69.8 Å². The van der Waals surface area contributed by atoms with Crippen molar-refractivity contribution in [2.24, 2.45) is 17.6 Å². The van der Waals surface area contributed by atoms with E-state index in [1.807, 2.05) is 24.3 Å². The predicted octanol–water partition coefficient (Wildman–Crippen LogP) is 4.25. The molecule has 1 amide bonds. The maximum atomic E-state index is 12.3. The molecule has 2 aliphatic carbocycles. The first kappa shape index (κ1) is 31.9. The van der Waals surface area contributed by atoms with Crippen molar-refractivity contribution in [2.45, 2.75) is 70.6 Å². The summed E-state index contributed by atoms with van der Waals surface area (Å²) in [5, 5.41) is 13.2. The third-order valence-electron chi connectivity index (χ3n) is 7.96. The van der Waals surface area contributed by atoms with E-state index in [4.69, 9.17) is 20.2 Å². The van der Waals surface area contributed by atoms with Gasteiger partial charge >= 0.3 is 0 Å². The van der Waals surface area contributed by atoms with Crippen molar-refractivity contribution in [1.29, 1.82) is 0 Å². The van der Waals surface area contributed by atoms with Crippen molar-refractivity contribution in [3.63, 3.8) is 0 Å². The number of hydrogen-bond donors (Lipinski definition) is 5. The van der Waals surface area contributed by atoms with Gasteiger partial charge in [0.1, 0.15) is 0 Å². The zero-order valence-electron chi connectivity index (χ0n) is 25.0. The highest BCUT2D eigenvalue weighted by Gasteiger charge is 2.16. The average molecular weight is 583 g/mol. The summed E-state index contributed by atoms with van der Waals surface area (Å²) in [4.78, 5) is 26.4. The number of nitrogens with zero attached hydrogens (tertiary/aromatic N) is 3. The number of benzene rings is 1. The van der Waals surface area contributed by atoms with E-state index in [0.717, 1.165) is 24.3 Å². The SMILES string of the molecule is NCCOCCOCCNC(=O)Cc1ccc(Nc2nc(NCC3CCCCC3)nc(NCC3CCCCC3)n2)cc1. The van der Waals surface area contributed by atoms with Crippen LogP contribution in [0.4, 0.5) is 23.5 Å². The summed E-state index contributed by atoms with van der Waals surface area (Å²) in [5.74, 6) is 3.00. The number of amides is 1. The number of rotatable bonds is 18. The fourth-order valence-electron chi connectivity index (χ4n) is 5.59. The van der Waals surface area contributed by atoms with Gasteiger partial charge in [0, 0.05) is 31.9 Å². The molecule has 11 heteroatoms. The van der Waals surface area contributed by atoms with Crippen molar-refractivity contribution in [1.82, 2.24) is 20.3 Å². The van der Waals surface area contributed by atoms with Crippen molar-refractivity contribution in [3.8, 4) is 0 Å². The fraction of sp³-hybridized carbons (Fsp3) is 0.677. The molecule has 0 bridgehead atoms. The summed E-state index contributed by atoms with van der Waals surface area (Å²) in [6.07, 6.45) is 13.3. The molecule has 1 heterocycles. The normalized spacial score (nSPS) is 16.2. The molecule has 2 saturated carbocycles. The maximum Gasteiger partial charge on any atom is 0.233 e. The Kier molecular flexibility index (Phi) is 14.1. The maximum absolute atomic E-state index is 12.3. The lowest BCUT2D eigenvalue weighted by Gasteiger charge is -2.23. The molecule has 0 radical (unpaired) electrons. The molecule has 2 fully saturated rings. The highest BCUT2D eigenvalue weighted by atomic mass is 16.5. The average Bonchev–Trinajstić information content (AvgIpc) is 3.02. The monoisotopic (exact) mass is 582 g/mol. The van der Waals surface area contributed by atoms with Gasteiger partial charge in [-0.15, -0.1) is 0 Å². The van der Waals surface area contributed by atoms with Gasteiger partial charge in [0.2, 0.25) is 23.8 Å². The molecule has 0 unspecified atom stereocenters. The summed E-state index contributed by atoms with van der Waals surface area (Å²) in [6.45, 7) is 4.71. The van der Waals surface area contributed by atoms with Gasteiger partial charge in [-0.3, -0.25) is 4.79 Å². The molecule has 1 aromatic carbocycles. The minimum absolute atomic E-state index is 0.0430. The zero-order chi connectivity index (χ0) is 29.2. The van der Waals surface area contributed by atoms with E-state index in [1.165, 1.54) is 64.2 Å². The van der Waals surface area contributed by atoms with Crippen molar-refractivity contribution < 1.29 is 14.3 Å². The van der Waals surface area contributed by atoms with Crippen LogP contribution in [-0.4, -0.2) is 73.5 Å². The molecule has 0 saturated heterocycles. The number of nitrogens with two attached hydrogens (primary N) is 1. The number of carbonyl (C=O) groups excluding carboxylic acids is 1. The van der Waals surface area contributed by atoms with Crippen LogP contribution in [0.25, 0.3) is 0 Å². The highest BCUT2D eigenvalue weighted by molar-refractivity contribution is 5.78. The third kappa shape index (κ3) is 12.1. The van der Waals surface area contributed by atoms with Crippen LogP contribution in [0, 0.1) is 11.8 Å². The van der Waals surface area contributed by atoms with Gasteiger partial charge in [-0.1, -0.05) is 50.7 Å². The topological polar surface area (TPSA) is 148 Å². The van der Waals surface area contributed by atoms with E-state index in [0.29, 0.717) is 75.6 Å². The molecule has 11 nitrogen and oxygen atoms in total. The van der Waals surface area contributed by atoms with E-state index in [2.05, 4.69) is 31.2 Å². The van der Waals surface area contributed by atoms with Crippen LogP contribution in [0.3, 0.4) is 0 Å². The second-order valence-electron chi connectivity index (χ2n) is 11.4. The molecular weight excluding hydrogens is 532 g/mol. The lowest BCUT2D eigenvalue weighted by molar-refractivity contribution is -0.120. The van der Waals surface area contributed by atoms with Gasteiger partial charge < -0.3 is 36.5 Å². The molecule has 232 valence electrons. The summed E-state index contributed by atoms with van der Waals surface area (Å²) >= 11 is 0. The number of nitrogens with one attached hydrogen (secondary N) is 4. The summed E-state index contributed by atoms with van der Waals surface area (Å²) < 4.78 is 10.7. The fourth-order valence-corrected chi connectivity index (χ4v) is 5.59. The zero-order valence-corrected chi connectivity index (χ0v) is 25.0. The van der Waals surface area contributed by atoms with Crippen LogP contribution in [-0.2, 0) is 20.7 Å². The second-order valence-corrected chi connectivity index (χ2v) is 11.4. The molecule has 2 aromatic rings. The number of anilines is 4. The van der Waals surface area contributed by atoms with Crippen LogP contribution in [0.15, 0.2) is 24.3 Å². The number of hydrogen-bond acceptors (Lipinski definition) is 10. The third-order valence-corrected chi connectivity index (χ3v) is 7.96. The number of carbonyl (C=O) groups is 1. The number of ether oxygens (including phenoxy) is 2. The van der Waals surface area contributed by atoms with Gasteiger partial charge in [-0.2, -0.15) is 15.0 Å². The Balaban J connectivity index is 1.27. The van der Waals surface area contributed by atoms with Gasteiger partial charge in [-0.25, -0.2) is 0 Å². The molecule has 1 aromatic heterocycles. The van der Waals surface area contributed by atoms with Crippen LogP contribution < -0.4 is 27.0 Å². The lowest BCUT2D eigenvalue weighted by atomic mass is 9.89. The molecule has 2 aliphatic rings. The van der Waals surface area contributed by atoms with Crippen LogP contribution in [0.5, 0.6) is 0 Å². The van der Waals surface area contributed by atoms with Crippen LogP contribution >= 0.6 is 0 Å². The van der Waals surface area contributed by atoms with Crippen molar-refractivity contribution >= 4 is 29.4 Å². The molecule has 0 aliphatic heterocycles. The first-order valence-corrected chi connectivity index (χ1v) is 15.9. The van der Waals surface area contributed by atoms with Gasteiger partial charge in [-0.05, 0) is 55.2 Å². The highest BCUT2D eigenvalue weighted by Crippen LogP contribution is 2.25. The Morgan fingerprint density at radius 1 is 0.738 bits per heavy atom. The molecule has 0 atom stereocenters. The molecule has 6 N–H and O–H groups in total. The van der Waals surface area contributed by atoms with E-state index in [9.17, 15) is 4.79 Å². The van der Waals surface area contributed by atoms with Gasteiger partial charge in [0.25, 0.3) is 0 Å². The first-order chi connectivity index (χ1) is 20.7. The molecule has 0 spiro atoms. The summed E-state index contributed by atoms with van der Waals surface area (Å²) in [6, 6.07) is 7.78. The first-order valence-electron chi connectivity index (χ1n) is 15.9. The molecular formula is C31H50N8O3. The van der Waals surface area contributed by atoms with Gasteiger partial charge in [0.05, 0.1) is 32.8 Å². The van der Waals surface area contributed by atoms with Gasteiger partial charge in [0.15, 0.2) is 0 Å². The quantitative estimate of drug-likeness (QED) is 0.162. The predicted molar refractivity (Wildman–Crippen MR) is 167 cm³/mol. The lowest BCUT2D eigenvalue weighted by Crippen LogP contribution is -2.29. The largest absolute Gasteiger partial charge is 0.378 e. The minimum Gasteiger partial charge on any atom is -0.378 e. The van der Waals surface area contributed by atoms with E-state index < -0.39 is 0 Å². The van der Waals surface area contributed by atoms with E-state index in [1.54, 1.807) is 0 Å². The number of aromatic nitrogens is 3. The van der Waals surface area contributed by atoms with E-state index in [-0.39, 0.29) is 5.91 Å². The molecule has 4 rings (SSSR count). The van der Waals surface area contributed by atoms with E-state index >= 15 is 0 Å². The Labute approximate surface area is 250 Å². The minimum atomic E-state index is -0.0430. The second kappa shape index (κ2) is 18.5.